The Hall–Kier alpha value is -4.04. The molecule has 4 aromatic rings. The first kappa shape index (κ1) is 22.2. The van der Waals surface area contributed by atoms with E-state index in [1.54, 1.807) is 29.1 Å². The Labute approximate surface area is 193 Å². The third-order valence-corrected chi connectivity index (χ3v) is 5.74. The first-order valence-corrected chi connectivity index (χ1v) is 11.7. The van der Waals surface area contributed by atoms with Gasteiger partial charge in [-0.2, -0.15) is 5.10 Å². The van der Waals surface area contributed by atoms with Gasteiger partial charge in [0.2, 0.25) is 0 Å². The van der Waals surface area contributed by atoms with Crippen LogP contribution in [0.25, 0.3) is 16.9 Å². The number of para-hydroxylation sites is 1. The van der Waals surface area contributed by atoms with Crippen LogP contribution in [0.2, 0.25) is 0 Å². The molecule has 0 aliphatic rings. The zero-order valence-electron chi connectivity index (χ0n) is 17.8. The topological polar surface area (TPSA) is 90.3 Å². The predicted molar refractivity (Wildman–Crippen MR) is 127 cm³/mol. The number of hydrogen-bond acceptors (Lipinski definition) is 5. The van der Waals surface area contributed by atoms with Crippen LogP contribution >= 0.6 is 0 Å². The minimum atomic E-state index is -1.14. The Morgan fingerprint density at radius 3 is 2.21 bits per heavy atom. The summed E-state index contributed by atoms with van der Waals surface area (Å²) >= 11 is 0. The average Bonchev–Trinajstić information content (AvgIpc) is 3.27. The van der Waals surface area contributed by atoms with Gasteiger partial charge >= 0.3 is 5.97 Å². The standard InChI is InChI=1S/C25H21N3O4S/c1-33(31)21-14-12-19(13-15-21)25(30)32-17-24(29)26-23-16-22(18-8-4-2-5-9-18)27-28(23)20-10-6-3-7-11-20/h2-16H,17H2,1H3,(H,26,29). The maximum absolute atomic E-state index is 12.6. The lowest BCUT2D eigenvalue weighted by Gasteiger charge is -2.09. The van der Waals surface area contributed by atoms with Crippen molar-refractivity contribution < 1.29 is 18.5 Å². The molecule has 0 bridgehead atoms. The molecule has 33 heavy (non-hydrogen) atoms. The molecule has 1 heterocycles. The maximum atomic E-state index is 12.6. The Balaban J connectivity index is 1.48. The van der Waals surface area contributed by atoms with Crippen LogP contribution in [0.1, 0.15) is 10.4 Å². The smallest absolute Gasteiger partial charge is 0.338 e. The molecule has 0 saturated heterocycles. The molecule has 8 heteroatoms. The van der Waals surface area contributed by atoms with E-state index in [0.717, 1.165) is 11.3 Å². The summed E-state index contributed by atoms with van der Waals surface area (Å²) in [4.78, 5) is 25.4. The fourth-order valence-electron chi connectivity index (χ4n) is 3.16. The Bertz CT molecular complexity index is 1290. The molecule has 0 saturated carbocycles. The van der Waals surface area contributed by atoms with E-state index in [1.807, 2.05) is 60.7 Å². The molecule has 7 nitrogen and oxygen atoms in total. The zero-order valence-corrected chi connectivity index (χ0v) is 18.6. The average molecular weight is 460 g/mol. The van der Waals surface area contributed by atoms with Crippen LogP contribution in [-0.2, 0) is 20.3 Å². The summed E-state index contributed by atoms with van der Waals surface area (Å²) in [6, 6.07) is 27.0. The molecule has 0 fully saturated rings. The van der Waals surface area contributed by atoms with Gasteiger partial charge in [0.1, 0.15) is 5.82 Å². The number of aromatic nitrogens is 2. The predicted octanol–water partition coefficient (Wildman–Crippen LogP) is 4.07. The third kappa shape index (κ3) is 5.42. The molecule has 1 unspecified atom stereocenters. The summed E-state index contributed by atoms with van der Waals surface area (Å²) in [6.07, 6.45) is 1.56. The monoisotopic (exact) mass is 459 g/mol. The van der Waals surface area contributed by atoms with E-state index >= 15 is 0 Å². The fraction of sp³-hybridized carbons (Fsp3) is 0.0800. The van der Waals surface area contributed by atoms with Crippen molar-refractivity contribution in [2.45, 2.75) is 4.90 Å². The summed E-state index contributed by atoms with van der Waals surface area (Å²) in [5, 5.41) is 7.41. The van der Waals surface area contributed by atoms with Crippen molar-refractivity contribution in [3.8, 4) is 16.9 Å². The minimum Gasteiger partial charge on any atom is -0.452 e. The number of hydrogen-bond donors (Lipinski definition) is 1. The van der Waals surface area contributed by atoms with Crippen molar-refractivity contribution in [3.05, 3.63) is 96.6 Å². The number of carbonyl (C=O) groups is 2. The molecule has 3 aromatic carbocycles. The van der Waals surface area contributed by atoms with Crippen molar-refractivity contribution in [3.63, 3.8) is 0 Å². The molecule has 4 rings (SSSR count). The van der Waals surface area contributed by atoms with Crippen molar-refractivity contribution in [2.24, 2.45) is 0 Å². The van der Waals surface area contributed by atoms with Gasteiger partial charge in [-0.1, -0.05) is 48.5 Å². The molecule has 0 spiro atoms. The van der Waals surface area contributed by atoms with Crippen molar-refractivity contribution in [1.82, 2.24) is 9.78 Å². The van der Waals surface area contributed by atoms with Gasteiger partial charge in [-0.25, -0.2) is 9.48 Å². The zero-order chi connectivity index (χ0) is 23.2. The number of nitrogens with zero attached hydrogens (tertiary/aromatic N) is 2. The SMILES string of the molecule is CS(=O)c1ccc(C(=O)OCC(=O)Nc2cc(-c3ccccc3)nn2-c2ccccc2)cc1. The summed E-state index contributed by atoms with van der Waals surface area (Å²) in [6.45, 7) is -0.457. The fourth-order valence-corrected chi connectivity index (χ4v) is 3.68. The van der Waals surface area contributed by atoms with Crippen LogP contribution in [0.3, 0.4) is 0 Å². The molecule has 166 valence electrons. The Morgan fingerprint density at radius 2 is 1.58 bits per heavy atom. The highest BCUT2D eigenvalue weighted by Gasteiger charge is 2.16. The number of ether oxygens (including phenoxy) is 1. The molecule has 1 atom stereocenters. The maximum Gasteiger partial charge on any atom is 0.338 e. The minimum absolute atomic E-state index is 0.276. The summed E-state index contributed by atoms with van der Waals surface area (Å²) in [5.41, 5.74) is 2.66. The lowest BCUT2D eigenvalue weighted by atomic mass is 10.2. The van der Waals surface area contributed by atoms with E-state index < -0.39 is 29.3 Å². The molecular weight excluding hydrogens is 438 g/mol. The number of esters is 1. The van der Waals surface area contributed by atoms with Gasteiger partial charge in [0.05, 0.1) is 16.9 Å². The highest BCUT2D eigenvalue weighted by molar-refractivity contribution is 7.84. The second kappa shape index (κ2) is 10.1. The molecule has 0 radical (unpaired) electrons. The van der Waals surface area contributed by atoms with Crippen LogP contribution in [0.15, 0.2) is 95.9 Å². The van der Waals surface area contributed by atoms with Gasteiger partial charge < -0.3 is 10.1 Å². The van der Waals surface area contributed by atoms with Crippen LogP contribution in [0, 0.1) is 0 Å². The van der Waals surface area contributed by atoms with Crippen LogP contribution in [0.5, 0.6) is 0 Å². The summed E-state index contributed by atoms with van der Waals surface area (Å²) in [7, 11) is -1.14. The van der Waals surface area contributed by atoms with Gasteiger partial charge in [-0.15, -0.1) is 0 Å². The van der Waals surface area contributed by atoms with Gasteiger partial charge in [0.15, 0.2) is 6.61 Å². The highest BCUT2D eigenvalue weighted by atomic mass is 32.2. The molecule has 1 N–H and O–H groups in total. The molecule has 0 aliphatic carbocycles. The van der Waals surface area contributed by atoms with Crippen molar-refractivity contribution >= 4 is 28.5 Å². The highest BCUT2D eigenvalue weighted by Crippen LogP contribution is 2.24. The lowest BCUT2D eigenvalue weighted by molar-refractivity contribution is -0.119. The van der Waals surface area contributed by atoms with Crippen LogP contribution < -0.4 is 5.32 Å². The van der Waals surface area contributed by atoms with E-state index in [4.69, 9.17) is 4.74 Å². The second-order valence-electron chi connectivity index (χ2n) is 7.13. The van der Waals surface area contributed by atoms with E-state index in [9.17, 15) is 13.8 Å². The van der Waals surface area contributed by atoms with E-state index in [1.165, 1.54) is 12.1 Å². The Morgan fingerprint density at radius 1 is 0.939 bits per heavy atom. The Kier molecular flexibility index (Phi) is 6.75. The number of carbonyl (C=O) groups excluding carboxylic acids is 2. The molecule has 0 aliphatic heterocycles. The van der Waals surface area contributed by atoms with E-state index in [0.29, 0.717) is 16.4 Å². The number of benzene rings is 3. The summed E-state index contributed by atoms with van der Waals surface area (Å²) < 4.78 is 18.2. The van der Waals surface area contributed by atoms with Crippen molar-refractivity contribution in [2.75, 3.05) is 18.2 Å². The lowest BCUT2D eigenvalue weighted by Crippen LogP contribution is -2.22. The number of rotatable bonds is 7. The quantitative estimate of drug-likeness (QED) is 0.421. The van der Waals surface area contributed by atoms with Gasteiger partial charge in [0.25, 0.3) is 5.91 Å². The first-order chi connectivity index (χ1) is 16.0. The van der Waals surface area contributed by atoms with Crippen molar-refractivity contribution in [1.29, 1.82) is 0 Å². The van der Waals surface area contributed by atoms with Crippen LogP contribution in [0.4, 0.5) is 5.82 Å². The van der Waals surface area contributed by atoms with Gasteiger partial charge in [-0.05, 0) is 36.4 Å². The van der Waals surface area contributed by atoms with Gasteiger partial charge in [0, 0.05) is 33.6 Å². The third-order valence-electron chi connectivity index (χ3n) is 4.80. The number of anilines is 1. The molecule has 1 aromatic heterocycles. The normalized spacial score (nSPS) is 11.5. The van der Waals surface area contributed by atoms with Gasteiger partial charge in [-0.3, -0.25) is 9.00 Å². The molecular formula is C25H21N3O4S. The van der Waals surface area contributed by atoms with E-state index in [-0.39, 0.29) is 5.56 Å². The largest absolute Gasteiger partial charge is 0.452 e. The number of nitrogens with one attached hydrogen (secondary N) is 1. The summed E-state index contributed by atoms with van der Waals surface area (Å²) in [5.74, 6) is -0.678. The van der Waals surface area contributed by atoms with E-state index in [2.05, 4.69) is 10.4 Å². The number of amides is 1. The molecule has 1 amide bonds. The second-order valence-corrected chi connectivity index (χ2v) is 8.51. The first-order valence-electron chi connectivity index (χ1n) is 10.1. The van der Waals surface area contributed by atoms with Crippen LogP contribution in [-0.4, -0.2) is 38.7 Å².